The lowest BCUT2D eigenvalue weighted by atomic mass is 9.66. The van der Waals surface area contributed by atoms with Gasteiger partial charge in [-0.3, -0.25) is 0 Å². The van der Waals surface area contributed by atoms with E-state index in [1.807, 2.05) is 18.7 Å². The zero-order valence-electron chi connectivity index (χ0n) is 15.3. The Bertz CT molecular complexity index is 788. The van der Waals surface area contributed by atoms with Gasteiger partial charge in [0.15, 0.2) is 0 Å². The van der Waals surface area contributed by atoms with Crippen LogP contribution in [0.5, 0.6) is 11.5 Å². The molecule has 2 atom stereocenters. The monoisotopic (exact) mass is 355 g/mol. The fraction of sp³-hybridized carbons (Fsp3) is 0.429. The summed E-state index contributed by atoms with van der Waals surface area (Å²) in [7, 11) is 1.76. The van der Waals surface area contributed by atoms with E-state index in [1.165, 1.54) is 21.7 Å². The normalized spacial score (nSPS) is 22.9. The van der Waals surface area contributed by atoms with Gasteiger partial charge >= 0.3 is 0 Å². The number of ether oxygens (including phenoxy) is 2. The minimum atomic E-state index is 0.0594. The Morgan fingerprint density at radius 1 is 1.24 bits per heavy atom. The summed E-state index contributed by atoms with van der Waals surface area (Å²) in [6.45, 7) is 7.45. The number of nitrogens with one attached hydrogen (secondary N) is 1. The Morgan fingerprint density at radius 2 is 2.08 bits per heavy atom. The molecule has 0 saturated heterocycles. The van der Waals surface area contributed by atoms with E-state index in [1.54, 1.807) is 7.11 Å². The molecule has 3 nitrogen and oxygen atoms in total. The average Bonchev–Trinajstić information content (AvgIpc) is 2.62. The first kappa shape index (κ1) is 16.6. The zero-order valence-corrected chi connectivity index (χ0v) is 16.1. The van der Waals surface area contributed by atoms with Crippen LogP contribution in [0.25, 0.3) is 0 Å². The van der Waals surface area contributed by atoms with Gasteiger partial charge in [0, 0.05) is 27.8 Å². The van der Waals surface area contributed by atoms with Gasteiger partial charge < -0.3 is 14.8 Å². The minimum absolute atomic E-state index is 0.0594. The van der Waals surface area contributed by atoms with Crippen LogP contribution < -0.4 is 14.8 Å². The standard InChI is InChI=1S/C21H25NO2S/c1-5-24-13-9-10-16-14(11-13)21(2,3)15-12-25-18-8-6-7-17(23-4)19(18)20(15)22-16/h6-11,15,20,22H,5,12H2,1-4H3/t15-,20-/m0/s1. The van der Waals surface area contributed by atoms with Crippen LogP contribution in [-0.4, -0.2) is 19.5 Å². The van der Waals surface area contributed by atoms with Crippen LogP contribution >= 0.6 is 11.8 Å². The molecule has 0 amide bonds. The highest BCUT2D eigenvalue weighted by Gasteiger charge is 2.46. The SMILES string of the molecule is CCOc1ccc2c(c1)C(C)(C)[C@H]1CSc3cccc(OC)c3[C@H]1N2. The quantitative estimate of drug-likeness (QED) is 0.813. The van der Waals surface area contributed by atoms with Gasteiger partial charge in [0.2, 0.25) is 0 Å². The zero-order chi connectivity index (χ0) is 17.6. The van der Waals surface area contributed by atoms with E-state index in [0.717, 1.165) is 17.3 Å². The van der Waals surface area contributed by atoms with E-state index in [0.29, 0.717) is 12.5 Å². The second-order valence-electron chi connectivity index (χ2n) is 7.27. The van der Waals surface area contributed by atoms with Crippen molar-refractivity contribution in [2.75, 3.05) is 24.8 Å². The third-order valence-corrected chi connectivity index (χ3v) is 6.80. The summed E-state index contributed by atoms with van der Waals surface area (Å²) in [4.78, 5) is 1.33. The predicted octanol–water partition coefficient (Wildman–Crippen LogP) is 5.26. The van der Waals surface area contributed by atoms with Crippen molar-refractivity contribution in [1.82, 2.24) is 0 Å². The van der Waals surface area contributed by atoms with Gasteiger partial charge in [-0.25, -0.2) is 0 Å². The third-order valence-electron chi connectivity index (χ3n) is 5.61. The maximum atomic E-state index is 5.74. The van der Waals surface area contributed by atoms with Crippen molar-refractivity contribution in [3.63, 3.8) is 0 Å². The van der Waals surface area contributed by atoms with Gasteiger partial charge in [0.05, 0.1) is 19.8 Å². The lowest BCUT2D eigenvalue weighted by Gasteiger charge is -2.49. The Morgan fingerprint density at radius 3 is 2.84 bits per heavy atom. The van der Waals surface area contributed by atoms with Crippen LogP contribution in [0.1, 0.15) is 37.9 Å². The number of methoxy groups -OCH3 is 1. The number of rotatable bonds is 3. The van der Waals surface area contributed by atoms with E-state index < -0.39 is 0 Å². The Labute approximate surface area is 154 Å². The molecule has 0 aliphatic carbocycles. The number of hydrogen-bond donors (Lipinski definition) is 1. The van der Waals surface area contributed by atoms with Crippen molar-refractivity contribution in [3.8, 4) is 11.5 Å². The largest absolute Gasteiger partial charge is 0.496 e. The fourth-order valence-corrected chi connectivity index (χ4v) is 5.74. The lowest BCUT2D eigenvalue weighted by Crippen LogP contribution is -2.44. The molecule has 2 aromatic carbocycles. The topological polar surface area (TPSA) is 30.5 Å². The Hall–Kier alpha value is -1.81. The molecular formula is C21H25NO2S. The average molecular weight is 356 g/mol. The highest BCUT2D eigenvalue weighted by molar-refractivity contribution is 7.99. The first-order valence-corrected chi connectivity index (χ1v) is 9.88. The van der Waals surface area contributed by atoms with Crippen molar-refractivity contribution in [2.45, 2.75) is 37.1 Å². The molecule has 2 aliphatic rings. The van der Waals surface area contributed by atoms with Crippen LogP contribution in [0.3, 0.4) is 0 Å². The van der Waals surface area contributed by atoms with Crippen LogP contribution in [0.4, 0.5) is 5.69 Å². The van der Waals surface area contributed by atoms with E-state index in [2.05, 4.69) is 55.6 Å². The summed E-state index contributed by atoms with van der Waals surface area (Å²) >= 11 is 1.94. The van der Waals surface area contributed by atoms with Crippen LogP contribution in [0.2, 0.25) is 0 Å². The summed E-state index contributed by atoms with van der Waals surface area (Å²) in [5, 5.41) is 3.81. The van der Waals surface area contributed by atoms with Gasteiger partial charge in [-0.15, -0.1) is 11.8 Å². The maximum Gasteiger partial charge on any atom is 0.125 e. The summed E-state index contributed by atoms with van der Waals surface area (Å²) in [6.07, 6.45) is 0. The van der Waals surface area contributed by atoms with Crippen LogP contribution in [-0.2, 0) is 5.41 Å². The van der Waals surface area contributed by atoms with Gasteiger partial charge in [-0.1, -0.05) is 19.9 Å². The summed E-state index contributed by atoms with van der Waals surface area (Å²) in [6, 6.07) is 13.1. The highest BCUT2D eigenvalue weighted by Crippen LogP contribution is 2.56. The van der Waals surface area contributed by atoms with Crippen molar-refractivity contribution >= 4 is 17.4 Å². The predicted molar refractivity (Wildman–Crippen MR) is 104 cm³/mol. The molecule has 4 rings (SSSR count). The third kappa shape index (κ3) is 2.58. The van der Waals surface area contributed by atoms with Crippen LogP contribution in [0, 0.1) is 5.92 Å². The van der Waals surface area contributed by atoms with Crippen molar-refractivity contribution in [3.05, 3.63) is 47.5 Å². The lowest BCUT2D eigenvalue weighted by molar-refractivity contribution is 0.283. The van der Waals surface area contributed by atoms with Crippen molar-refractivity contribution in [2.24, 2.45) is 5.92 Å². The molecule has 0 radical (unpaired) electrons. The van der Waals surface area contributed by atoms with Gasteiger partial charge in [-0.05, 0) is 48.2 Å². The van der Waals surface area contributed by atoms with Crippen molar-refractivity contribution < 1.29 is 9.47 Å². The fourth-order valence-electron chi connectivity index (χ4n) is 4.22. The molecule has 4 heteroatoms. The van der Waals surface area contributed by atoms with Gasteiger partial charge in [0.1, 0.15) is 11.5 Å². The van der Waals surface area contributed by atoms with E-state index in [9.17, 15) is 0 Å². The number of thioether (sulfide) groups is 1. The number of fused-ring (bicyclic) bond motifs is 4. The molecule has 132 valence electrons. The molecule has 1 N–H and O–H groups in total. The molecule has 0 spiro atoms. The maximum absolute atomic E-state index is 5.74. The second-order valence-corrected chi connectivity index (χ2v) is 8.34. The molecule has 2 aromatic rings. The highest BCUT2D eigenvalue weighted by atomic mass is 32.2. The molecule has 0 unspecified atom stereocenters. The Kier molecular flexibility index (Phi) is 4.11. The van der Waals surface area contributed by atoms with E-state index in [4.69, 9.17) is 9.47 Å². The smallest absolute Gasteiger partial charge is 0.125 e. The minimum Gasteiger partial charge on any atom is -0.496 e. The van der Waals surface area contributed by atoms with Gasteiger partial charge in [-0.2, -0.15) is 0 Å². The summed E-state index contributed by atoms with van der Waals surface area (Å²) < 4.78 is 11.4. The molecule has 0 fully saturated rings. The molecule has 25 heavy (non-hydrogen) atoms. The summed E-state index contributed by atoms with van der Waals surface area (Å²) in [5.41, 5.74) is 3.92. The van der Waals surface area contributed by atoms with E-state index >= 15 is 0 Å². The van der Waals surface area contributed by atoms with Crippen LogP contribution in [0.15, 0.2) is 41.3 Å². The van der Waals surface area contributed by atoms with E-state index in [-0.39, 0.29) is 11.5 Å². The van der Waals surface area contributed by atoms with Crippen molar-refractivity contribution in [1.29, 1.82) is 0 Å². The first-order chi connectivity index (χ1) is 12.1. The molecule has 0 aromatic heterocycles. The molecule has 2 aliphatic heterocycles. The second kappa shape index (κ2) is 6.17. The number of hydrogen-bond acceptors (Lipinski definition) is 4. The molecule has 0 saturated carbocycles. The Balaban J connectivity index is 1.83. The summed E-state index contributed by atoms with van der Waals surface area (Å²) in [5.74, 6) is 3.53. The molecular weight excluding hydrogens is 330 g/mol. The molecule has 2 heterocycles. The number of anilines is 1. The number of benzene rings is 2. The van der Waals surface area contributed by atoms with Gasteiger partial charge in [0.25, 0.3) is 0 Å². The molecule has 0 bridgehead atoms. The first-order valence-electron chi connectivity index (χ1n) is 8.89.